The van der Waals surface area contributed by atoms with E-state index in [1.54, 1.807) is 0 Å². The lowest BCUT2D eigenvalue weighted by atomic mass is 10.0. The summed E-state index contributed by atoms with van der Waals surface area (Å²) in [6, 6.07) is 8.66. The molecule has 0 saturated carbocycles. The van der Waals surface area contributed by atoms with E-state index >= 15 is 0 Å². The fourth-order valence-corrected chi connectivity index (χ4v) is 3.73. The number of ether oxygens (including phenoxy) is 1. The number of hydrogen-bond donors (Lipinski definition) is 2. The van der Waals surface area contributed by atoms with Gasteiger partial charge in [0.2, 0.25) is 0 Å². The molecule has 2 aliphatic heterocycles. The Morgan fingerprint density at radius 1 is 1.25 bits per heavy atom. The van der Waals surface area contributed by atoms with Gasteiger partial charge in [0.05, 0.1) is 13.2 Å². The predicted octanol–water partition coefficient (Wildman–Crippen LogP) is 3.82. The highest BCUT2D eigenvalue weighted by Gasteiger charge is 2.20. The minimum absolute atomic E-state index is 0. The maximum Gasteiger partial charge on any atom is 0.191 e. The molecule has 0 bridgehead atoms. The first kappa shape index (κ1) is 23.4. The van der Waals surface area contributed by atoms with Crippen LogP contribution < -0.4 is 10.6 Å². The minimum Gasteiger partial charge on any atom is -0.377 e. The van der Waals surface area contributed by atoms with E-state index in [0.717, 1.165) is 76.1 Å². The van der Waals surface area contributed by atoms with Crippen molar-refractivity contribution in [3.8, 4) is 0 Å². The fourth-order valence-electron chi connectivity index (χ4n) is 3.61. The van der Waals surface area contributed by atoms with Gasteiger partial charge in [0.15, 0.2) is 5.96 Å². The van der Waals surface area contributed by atoms with Gasteiger partial charge in [-0.05, 0) is 43.4 Å². The zero-order valence-corrected chi connectivity index (χ0v) is 19.7. The molecule has 0 atom stereocenters. The maximum absolute atomic E-state index is 5.97. The van der Waals surface area contributed by atoms with Crippen molar-refractivity contribution in [2.75, 3.05) is 39.9 Å². The number of halogens is 2. The van der Waals surface area contributed by atoms with Crippen LogP contribution in [0.15, 0.2) is 40.9 Å². The third-order valence-electron chi connectivity index (χ3n) is 5.27. The third kappa shape index (κ3) is 7.89. The SMILES string of the molecule is CN=C(NCCC1=CCOCC1)NC1CCN(Cc2ccc(Cl)cc2)CC1.I. The lowest BCUT2D eigenvalue weighted by molar-refractivity contribution is 0.153. The summed E-state index contributed by atoms with van der Waals surface area (Å²) < 4.78 is 5.36. The van der Waals surface area contributed by atoms with Crippen LogP contribution in [0.3, 0.4) is 0 Å². The molecule has 0 amide bonds. The highest BCUT2D eigenvalue weighted by atomic mass is 127. The van der Waals surface area contributed by atoms with Crippen molar-refractivity contribution < 1.29 is 4.74 Å². The van der Waals surface area contributed by atoms with Gasteiger partial charge < -0.3 is 15.4 Å². The molecule has 0 spiro atoms. The van der Waals surface area contributed by atoms with Crippen molar-refractivity contribution >= 4 is 41.5 Å². The van der Waals surface area contributed by atoms with E-state index in [1.165, 1.54) is 11.1 Å². The maximum atomic E-state index is 5.97. The lowest BCUT2D eigenvalue weighted by Crippen LogP contribution is -2.48. The van der Waals surface area contributed by atoms with Gasteiger partial charge in [0.1, 0.15) is 0 Å². The second kappa shape index (κ2) is 12.7. The van der Waals surface area contributed by atoms with Crippen LogP contribution in [0.5, 0.6) is 0 Å². The molecule has 2 N–H and O–H groups in total. The summed E-state index contributed by atoms with van der Waals surface area (Å²) in [6.45, 7) is 5.73. The normalized spacial score (nSPS) is 18.9. The van der Waals surface area contributed by atoms with Crippen LogP contribution in [0.1, 0.15) is 31.2 Å². The molecule has 0 aliphatic carbocycles. The Morgan fingerprint density at radius 2 is 2.00 bits per heavy atom. The number of aliphatic imine (C=N–C) groups is 1. The van der Waals surface area contributed by atoms with E-state index in [0.29, 0.717) is 6.04 Å². The van der Waals surface area contributed by atoms with Gasteiger partial charge in [0.25, 0.3) is 0 Å². The van der Waals surface area contributed by atoms with Gasteiger partial charge in [-0.1, -0.05) is 35.4 Å². The van der Waals surface area contributed by atoms with Gasteiger partial charge in [-0.25, -0.2) is 0 Å². The number of benzene rings is 1. The highest BCUT2D eigenvalue weighted by molar-refractivity contribution is 14.0. The predicted molar refractivity (Wildman–Crippen MR) is 128 cm³/mol. The molecule has 1 fully saturated rings. The molecule has 1 saturated heterocycles. The van der Waals surface area contributed by atoms with Crippen LogP contribution in [-0.4, -0.2) is 56.8 Å². The van der Waals surface area contributed by atoms with Crippen LogP contribution in [0, 0.1) is 0 Å². The third-order valence-corrected chi connectivity index (χ3v) is 5.52. The summed E-state index contributed by atoms with van der Waals surface area (Å²) >= 11 is 5.97. The van der Waals surface area contributed by atoms with Crippen LogP contribution in [0.25, 0.3) is 0 Å². The van der Waals surface area contributed by atoms with Crippen LogP contribution >= 0.6 is 35.6 Å². The second-order valence-corrected chi connectivity index (χ2v) is 7.69. The molecule has 156 valence electrons. The van der Waals surface area contributed by atoms with Crippen molar-refractivity contribution in [1.82, 2.24) is 15.5 Å². The van der Waals surface area contributed by atoms with E-state index < -0.39 is 0 Å². The number of guanidine groups is 1. The van der Waals surface area contributed by atoms with Crippen LogP contribution in [0.4, 0.5) is 0 Å². The van der Waals surface area contributed by atoms with Gasteiger partial charge in [-0.3, -0.25) is 9.89 Å². The van der Waals surface area contributed by atoms with Gasteiger partial charge in [-0.15, -0.1) is 24.0 Å². The Hall–Kier alpha value is -0.830. The molecule has 5 nitrogen and oxygen atoms in total. The van der Waals surface area contributed by atoms with Gasteiger partial charge >= 0.3 is 0 Å². The Bertz CT molecular complexity index is 642. The quantitative estimate of drug-likeness (QED) is 0.260. The molecule has 0 unspecified atom stereocenters. The average molecular weight is 519 g/mol. The lowest BCUT2D eigenvalue weighted by Gasteiger charge is -2.33. The molecule has 7 heteroatoms. The second-order valence-electron chi connectivity index (χ2n) is 7.26. The number of piperidine rings is 1. The molecule has 28 heavy (non-hydrogen) atoms. The van der Waals surface area contributed by atoms with Crippen molar-refractivity contribution in [3.05, 3.63) is 46.5 Å². The van der Waals surface area contributed by atoms with Crippen LogP contribution in [0.2, 0.25) is 5.02 Å². The largest absolute Gasteiger partial charge is 0.377 e. The Balaban J connectivity index is 0.00000280. The van der Waals surface area contributed by atoms with Crippen molar-refractivity contribution in [3.63, 3.8) is 0 Å². The Kier molecular flexibility index (Phi) is 10.6. The molecule has 0 aromatic heterocycles. The summed E-state index contributed by atoms with van der Waals surface area (Å²) in [4.78, 5) is 6.89. The summed E-state index contributed by atoms with van der Waals surface area (Å²) in [5, 5.41) is 7.84. The molecular weight excluding hydrogens is 487 g/mol. The van der Waals surface area contributed by atoms with Crippen molar-refractivity contribution in [2.45, 2.75) is 38.3 Å². The van der Waals surface area contributed by atoms with E-state index in [-0.39, 0.29) is 24.0 Å². The van der Waals surface area contributed by atoms with E-state index in [1.807, 2.05) is 19.2 Å². The van der Waals surface area contributed by atoms with Gasteiger partial charge in [-0.2, -0.15) is 0 Å². The smallest absolute Gasteiger partial charge is 0.191 e. The van der Waals surface area contributed by atoms with Crippen LogP contribution in [-0.2, 0) is 11.3 Å². The van der Waals surface area contributed by atoms with E-state index in [2.05, 4.69) is 38.7 Å². The molecular formula is C21H32ClIN4O. The van der Waals surface area contributed by atoms with E-state index in [9.17, 15) is 0 Å². The zero-order chi connectivity index (χ0) is 18.9. The molecule has 0 radical (unpaired) electrons. The minimum atomic E-state index is 0. The number of likely N-dealkylation sites (tertiary alicyclic amines) is 1. The average Bonchev–Trinajstić information content (AvgIpc) is 2.71. The molecule has 2 heterocycles. The number of nitrogens with one attached hydrogen (secondary N) is 2. The first-order valence-electron chi connectivity index (χ1n) is 9.92. The molecule has 2 aliphatic rings. The summed E-state index contributed by atoms with van der Waals surface area (Å²) in [6.07, 6.45) is 6.59. The number of hydrogen-bond acceptors (Lipinski definition) is 3. The fraction of sp³-hybridized carbons (Fsp3) is 0.571. The highest BCUT2D eigenvalue weighted by Crippen LogP contribution is 2.16. The first-order valence-corrected chi connectivity index (χ1v) is 10.3. The molecule has 3 rings (SSSR count). The van der Waals surface area contributed by atoms with Crippen molar-refractivity contribution in [1.29, 1.82) is 0 Å². The van der Waals surface area contributed by atoms with Crippen molar-refractivity contribution in [2.24, 2.45) is 4.99 Å². The van der Waals surface area contributed by atoms with Gasteiger partial charge in [0, 0.05) is 44.3 Å². The zero-order valence-electron chi connectivity index (χ0n) is 16.6. The monoisotopic (exact) mass is 518 g/mol. The Labute approximate surface area is 191 Å². The standard InChI is InChI=1S/C21H31ClN4O.HI/c1-23-21(24-11-6-17-9-14-27-15-10-17)25-20-7-12-26(13-8-20)16-18-2-4-19(22)5-3-18;/h2-5,9,20H,6-8,10-16H2,1H3,(H2,23,24,25);1H. The number of rotatable bonds is 6. The Morgan fingerprint density at radius 3 is 2.64 bits per heavy atom. The van der Waals surface area contributed by atoms with E-state index in [4.69, 9.17) is 16.3 Å². The summed E-state index contributed by atoms with van der Waals surface area (Å²) in [5.74, 6) is 0.916. The summed E-state index contributed by atoms with van der Waals surface area (Å²) in [5.41, 5.74) is 2.81. The number of nitrogens with zero attached hydrogens (tertiary/aromatic N) is 2. The molecule has 1 aromatic carbocycles. The topological polar surface area (TPSA) is 48.9 Å². The molecule has 1 aromatic rings. The summed E-state index contributed by atoms with van der Waals surface area (Å²) in [7, 11) is 1.85. The first-order chi connectivity index (χ1) is 13.2.